The summed E-state index contributed by atoms with van der Waals surface area (Å²) in [6.07, 6.45) is -0.478. The lowest BCUT2D eigenvalue weighted by molar-refractivity contribution is 0.00588. The van der Waals surface area contributed by atoms with Crippen molar-refractivity contribution >= 4 is 11.3 Å². The van der Waals surface area contributed by atoms with Crippen molar-refractivity contribution < 1.29 is 14.6 Å². The molecule has 0 spiro atoms. The Kier molecular flexibility index (Phi) is 8.20. The van der Waals surface area contributed by atoms with E-state index in [4.69, 9.17) is 9.47 Å². The van der Waals surface area contributed by atoms with E-state index in [1.54, 1.807) is 11.3 Å². The highest BCUT2D eigenvalue weighted by molar-refractivity contribution is 7.10. The fourth-order valence-corrected chi connectivity index (χ4v) is 2.25. The maximum atomic E-state index is 9.73. The van der Waals surface area contributed by atoms with Crippen molar-refractivity contribution in [3.63, 3.8) is 0 Å². The molecule has 1 aromatic rings. The lowest BCUT2D eigenvalue weighted by atomic mass is 10.2. The number of rotatable bonds is 10. The Bertz CT molecular complexity index is 292. The molecule has 1 heterocycles. The predicted octanol–water partition coefficient (Wildman–Crippen LogP) is 1.81. The molecule has 1 rings (SSSR count). The molecule has 104 valence electrons. The van der Waals surface area contributed by atoms with Crippen LogP contribution in [0.4, 0.5) is 0 Å². The third-order valence-electron chi connectivity index (χ3n) is 2.52. The highest BCUT2D eigenvalue weighted by Crippen LogP contribution is 2.17. The van der Waals surface area contributed by atoms with Gasteiger partial charge in [0.2, 0.25) is 0 Å². The molecule has 0 aromatic carbocycles. The Hall–Kier alpha value is -0.460. The molecule has 0 saturated carbocycles. The zero-order chi connectivity index (χ0) is 13.2. The van der Waals surface area contributed by atoms with E-state index in [-0.39, 0.29) is 6.04 Å². The molecule has 0 saturated heterocycles. The van der Waals surface area contributed by atoms with Crippen molar-refractivity contribution in [3.8, 4) is 0 Å². The van der Waals surface area contributed by atoms with Crippen LogP contribution < -0.4 is 5.32 Å². The average molecular weight is 273 g/mol. The number of hydrogen-bond donors (Lipinski definition) is 2. The van der Waals surface area contributed by atoms with Crippen LogP contribution in [-0.4, -0.2) is 44.2 Å². The number of aliphatic hydroxyl groups excluding tert-OH is 1. The van der Waals surface area contributed by atoms with E-state index in [0.29, 0.717) is 33.0 Å². The molecular formula is C13H23NO3S. The van der Waals surface area contributed by atoms with Gasteiger partial charge in [-0.2, -0.15) is 0 Å². The van der Waals surface area contributed by atoms with E-state index in [9.17, 15) is 5.11 Å². The summed E-state index contributed by atoms with van der Waals surface area (Å²) >= 11 is 1.72. The van der Waals surface area contributed by atoms with Crippen molar-refractivity contribution in [1.29, 1.82) is 0 Å². The Morgan fingerprint density at radius 2 is 2.17 bits per heavy atom. The standard InChI is InChI=1S/C13H23NO3S/c1-3-16-6-7-17-10-12(15)9-14-11(2)13-5-4-8-18-13/h4-5,8,11-12,14-15H,3,6-7,9-10H2,1-2H3/t11-,12?/m1/s1. The van der Waals surface area contributed by atoms with Gasteiger partial charge in [-0.25, -0.2) is 0 Å². The van der Waals surface area contributed by atoms with Gasteiger partial charge in [-0.3, -0.25) is 0 Å². The Morgan fingerprint density at radius 1 is 1.39 bits per heavy atom. The van der Waals surface area contributed by atoms with E-state index in [0.717, 1.165) is 0 Å². The topological polar surface area (TPSA) is 50.7 Å². The highest BCUT2D eigenvalue weighted by atomic mass is 32.1. The number of hydrogen-bond acceptors (Lipinski definition) is 5. The lowest BCUT2D eigenvalue weighted by Crippen LogP contribution is -2.32. The molecule has 2 N–H and O–H groups in total. The summed E-state index contributed by atoms with van der Waals surface area (Å²) < 4.78 is 10.4. The number of nitrogens with one attached hydrogen (secondary N) is 1. The predicted molar refractivity (Wildman–Crippen MR) is 74.1 cm³/mol. The van der Waals surface area contributed by atoms with Gasteiger partial charge in [0.1, 0.15) is 0 Å². The molecule has 0 aliphatic carbocycles. The second-order valence-corrected chi connectivity index (χ2v) is 5.05. The van der Waals surface area contributed by atoms with Crippen molar-refractivity contribution in [1.82, 2.24) is 5.32 Å². The third kappa shape index (κ3) is 6.47. The molecule has 1 aromatic heterocycles. The molecule has 5 heteroatoms. The molecule has 0 bridgehead atoms. The van der Waals surface area contributed by atoms with Crippen LogP contribution in [0.15, 0.2) is 17.5 Å². The van der Waals surface area contributed by atoms with Gasteiger partial charge in [-0.1, -0.05) is 6.07 Å². The van der Waals surface area contributed by atoms with Crippen LogP contribution in [0.3, 0.4) is 0 Å². The van der Waals surface area contributed by atoms with Crippen molar-refractivity contribution in [2.24, 2.45) is 0 Å². The van der Waals surface area contributed by atoms with Gasteiger partial charge in [-0.05, 0) is 25.3 Å². The lowest BCUT2D eigenvalue weighted by Gasteiger charge is -2.16. The molecule has 18 heavy (non-hydrogen) atoms. The van der Waals surface area contributed by atoms with Crippen LogP contribution in [0.25, 0.3) is 0 Å². The quantitative estimate of drug-likeness (QED) is 0.638. The second-order valence-electron chi connectivity index (χ2n) is 4.07. The summed E-state index contributed by atoms with van der Waals surface area (Å²) in [7, 11) is 0. The van der Waals surface area contributed by atoms with Crippen LogP contribution in [0.2, 0.25) is 0 Å². The maximum absolute atomic E-state index is 9.73. The first kappa shape index (κ1) is 15.6. The van der Waals surface area contributed by atoms with Gasteiger partial charge < -0.3 is 19.9 Å². The van der Waals surface area contributed by atoms with Gasteiger partial charge >= 0.3 is 0 Å². The van der Waals surface area contributed by atoms with Gasteiger partial charge in [0, 0.05) is 24.1 Å². The zero-order valence-corrected chi connectivity index (χ0v) is 11.9. The summed E-state index contributed by atoms with van der Waals surface area (Å²) in [5.41, 5.74) is 0. The Balaban J connectivity index is 2.04. The summed E-state index contributed by atoms with van der Waals surface area (Å²) in [6, 6.07) is 4.39. The minimum atomic E-state index is -0.478. The fourth-order valence-electron chi connectivity index (χ4n) is 1.49. The van der Waals surface area contributed by atoms with E-state index in [1.807, 2.05) is 13.0 Å². The summed E-state index contributed by atoms with van der Waals surface area (Å²) in [4.78, 5) is 1.28. The van der Waals surface area contributed by atoms with Crippen LogP contribution in [0.1, 0.15) is 24.8 Å². The number of thiophene rings is 1. The molecule has 2 atom stereocenters. The highest BCUT2D eigenvalue weighted by Gasteiger charge is 2.09. The third-order valence-corrected chi connectivity index (χ3v) is 3.57. The molecule has 0 amide bonds. The Morgan fingerprint density at radius 3 is 2.83 bits per heavy atom. The van der Waals surface area contributed by atoms with Crippen LogP contribution in [-0.2, 0) is 9.47 Å². The minimum Gasteiger partial charge on any atom is -0.389 e. The molecule has 0 fully saturated rings. The molecule has 0 aliphatic rings. The normalized spacial score (nSPS) is 14.6. The second kappa shape index (κ2) is 9.47. The van der Waals surface area contributed by atoms with Crippen LogP contribution >= 0.6 is 11.3 Å². The SMILES string of the molecule is CCOCCOCC(O)CN[C@H](C)c1cccs1. The molecular weight excluding hydrogens is 250 g/mol. The number of ether oxygens (including phenoxy) is 2. The number of aliphatic hydroxyl groups is 1. The van der Waals surface area contributed by atoms with E-state index in [1.165, 1.54) is 4.88 Å². The van der Waals surface area contributed by atoms with Crippen molar-refractivity contribution in [2.75, 3.05) is 33.0 Å². The van der Waals surface area contributed by atoms with Crippen molar-refractivity contribution in [2.45, 2.75) is 26.0 Å². The summed E-state index contributed by atoms with van der Waals surface area (Å²) in [5, 5.41) is 15.1. The first-order chi connectivity index (χ1) is 8.74. The van der Waals surface area contributed by atoms with E-state index < -0.39 is 6.10 Å². The first-order valence-corrected chi connectivity index (χ1v) is 7.22. The smallest absolute Gasteiger partial charge is 0.0897 e. The molecule has 0 radical (unpaired) electrons. The van der Waals surface area contributed by atoms with Crippen LogP contribution in [0, 0.1) is 0 Å². The zero-order valence-electron chi connectivity index (χ0n) is 11.1. The molecule has 0 aliphatic heterocycles. The summed E-state index contributed by atoms with van der Waals surface area (Å²) in [6.45, 7) is 6.74. The monoisotopic (exact) mass is 273 g/mol. The van der Waals surface area contributed by atoms with Gasteiger partial charge in [-0.15, -0.1) is 11.3 Å². The first-order valence-electron chi connectivity index (χ1n) is 6.34. The van der Waals surface area contributed by atoms with E-state index >= 15 is 0 Å². The molecule has 4 nitrogen and oxygen atoms in total. The minimum absolute atomic E-state index is 0.267. The van der Waals surface area contributed by atoms with Gasteiger partial charge in [0.05, 0.1) is 25.9 Å². The maximum Gasteiger partial charge on any atom is 0.0897 e. The van der Waals surface area contributed by atoms with E-state index in [2.05, 4.69) is 23.7 Å². The largest absolute Gasteiger partial charge is 0.389 e. The average Bonchev–Trinajstić information content (AvgIpc) is 2.89. The van der Waals surface area contributed by atoms with Gasteiger partial charge in [0.15, 0.2) is 0 Å². The van der Waals surface area contributed by atoms with Gasteiger partial charge in [0.25, 0.3) is 0 Å². The van der Waals surface area contributed by atoms with Crippen LogP contribution in [0.5, 0.6) is 0 Å². The Labute approximate surface area is 113 Å². The molecule has 1 unspecified atom stereocenters. The van der Waals surface area contributed by atoms with Crippen molar-refractivity contribution in [3.05, 3.63) is 22.4 Å². The summed E-state index contributed by atoms with van der Waals surface area (Å²) in [5.74, 6) is 0. The fraction of sp³-hybridized carbons (Fsp3) is 0.692.